The number of thiazole rings is 1. The van der Waals surface area contributed by atoms with Crippen molar-refractivity contribution in [3.63, 3.8) is 0 Å². The number of aromatic nitrogens is 1. The molecule has 1 N–H and O–H groups in total. The Hall–Kier alpha value is -0.940. The molecule has 1 atom stereocenters. The van der Waals surface area contributed by atoms with E-state index in [9.17, 15) is 4.79 Å². The minimum Gasteiger partial charge on any atom is -0.396 e. The van der Waals surface area contributed by atoms with E-state index in [-0.39, 0.29) is 18.4 Å². The predicted octanol–water partition coefficient (Wildman–Crippen LogP) is 0.598. The maximum absolute atomic E-state index is 11.8. The number of hydrogen-bond acceptors (Lipinski definition) is 4. The summed E-state index contributed by atoms with van der Waals surface area (Å²) in [6, 6.07) is 0. The van der Waals surface area contributed by atoms with E-state index >= 15 is 0 Å². The number of carbonyl (C=O) groups is 1. The molecule has 2 heterocycles. The maximum atomic E-state index is 11.8. The van der Waals surface area contributed by atoms with Gasteiger partial charge in [-0.15, -0.1) is 11.3 Å². The molecular weight excluding hydrogens is 200 g/mol. The van der Waals surface area contributed by atoms with Gasteiger partial charge in [0, 0.05) is 25.6 Å². The van der Waals surface area contributed by atoms with Crippen molar-refractivity contribution >= 4 is 17.2 Å². The highest BCUT2D eigenvalue weighted by atomic mass is 32.1. The van der Waals surface area contributed by atoms with E-state index in [2.05, 4.69) is 4.98 Å². The Morgan fingerprint density at radius 2 is 2.64 bits per heavy atom. The summed E-state index contributed by atoms with van der Waals surface area (Å²) in [4.78, 5) is 18.1. The smallest absolute Gasteiger partial charge is 0.265 e. The fraction of sp³-hybridized carbons (Fsp3) is 0.556. The van der Waals surface area contributed by atoms with Crippen LogP contribution in [0.25, 0.3) is 0 Å². The molecule has 0 aliphatic carbocycles. The monoisotopic (exact) mass is 212 g/mol. The Morgan fingerprint density at radius 1 is 1.79 bits per heavy atom. The minimum absolute atomic E-state index is 0.0449. The van der Waals surface area contributed by atoms with Crippen molar-refractivity contribution in [1.29, 1.82) is 0 Å². The van der Waals surface area contributed by atoms with Crippen LogP contribution in [-0.4, -0.2) is 40.6 Å². The number of rotatable bonds is 2. The van der Waals surface area contributed by atoms with Crippen LogP contribution in [0.4, 0.5) is 0 Å². The SMILES string of the molecule is O=C(c1cncs1)N1CCC(CO)C1. The van der Waals surface area contributed by atoms with Crippen LogP contribution >= 0.6 is 11.3 Å². The highest BCUT2D eigenvalue weighted by Gasteiger charge is 2.26. The topological polar surface area (TPSA) is 53.4 Å². The minimum atomic E-state index is 0.0449. The van der Waals surface area contributed by atoms with Gasteiger partial charge < -0.3 is 10.0 Å². The molecule has 2 rings (SSSR count). The fourth-order valence-corrected chi connectivity index (χ4v) is 2.23. The predicted molar refractivity (Wildman–Crippen MR) is 53.2 cm³/mol. The standard InChI is InChI=1S/C9H12N2O2S/c12-5-7-1-2-11(4-7)9(13)8-3-10-6-14-8/h3,6-7,12H,1-2,4-5H2. The van der Waals surface area contributed by atoms with E-state index in [1.54, 1.807) is 16.6 Å². The Bertz CT molecular complexity index is 313. The summed E-state index contributed by atoms with van der Waals surface area (Å²) in [5.41, 5.74) is 1.66. The molecule has 1 aromatic heterocycles. The quantitative estimate of drug-likeness (QED) is 0.781. The number of hydrogen-bond donors (Lipinski definition) is 1. The van der Waals surface area contributed by atoms with E-state index in [0.29, 0.717) is 11.4 Å². The summed E-state index contributed by atoms with van der Waals surface area (Å²) < 4.78 is 0. The summed E-state index contributed by atoms with van der Waals surface area (Å²) >= 11 is 1.36. The second-order valence-electron chi connectivity index (χ2n) is 3.45. The average molecular weight is 212 g/mol. The maximum Gasteiger partial charge on any atom is 0.265 e. The zero-order valence-electron chi connectivity index (χ0n) is 7.72. The van der Waals surface area contributed by atoms with Crippen LogP contribution in [0.1, 0.15) is 16.1 Å². The molecule has 14 heavy (non-hydrogen) atoms. The zero-order valence-corrected chi connectivity index (χ0v) is 8.54. The first-order valence-corrected chi connectivity index (χ1v) is 5.48. The molecule has 1 fully saturated rings. The molecule has 0 bridgehead atoms. The van der Waals surface area contributed by atoms with Gasteiger partial charge in [0.2, 0.25) is 0 Å². The molecule has 5 heteroatoms. The van der Waals surface area contributed by atoms with Crippen LogP contribution in [0.2, 0.25) is 0 Å². The lowest BCUT2D eigenvalue weighted by Gasteiger charge is -2.14. The molecule has 0 saturated carbocycles. The summed E-state index contributed by atoms with van der Waals surface area (Å²) in [5.74, 6) is 0.301. The van der Waals surface area contributed by atoms with Crippen LogP contribution in [0, 0.1) is 5.92 Å². The second kappa shape index (κ2) is 4.06. The van der Waals surface area contributed by atoms with Crippen molar-refractivity contribution in [2.45, 2.75) is 6.42 Å². The molecule has 76 valence electrons. The third kappa shape index (κ3) is 1.78. The number of amides is 1. The van der Waals surface area contributed by atoms with Gasteiger partial charge in [-0.25, -0.2) is 0 Å². The first-order valence-electron chi connectivity index (χ1n) is 4.60. The molecule has 0 spiro atoms. The van der Waals surface area contributed by atoms with Crippen LogP contribution in [0.5, 0.6) is 0 Å². The van der Waals surface area contributed by atoms with Crippen LogP contribution in [-0.2, 0) is 0 Å². The van der Waals surface area contributed by atoms with Gasteiger partial charge in [0.15, 0.2) is 0 Å². The first-order chi connectivity index (χ1) is 6.81. The van der Waals surface area contributed by atoms with Crippen molar-refractivity contribution in [3.05, 3.63) is 16.6 Å². The third-order valence-electron chi connectivity index (χ3n) is 2.47. The van der Waals surface area contributed by atoms with Gasteiger partial charge in [-0.2, -0.15) is 0 Å². The molecule has 1 aliphatic rings. The molecule has 0 radical (unpaired) electrons. The molecule has 1 amide bonds. The average Bonchev–Trinajstić information content (AvgIpc) is 2.88. The zero-order chi connectivity index (χ0) is 9.97. The van der Waals surface area contributed by atoms with Gasteiger partial charge in [0.05, 0.1) is 11.7 Å². The fourth-order valence-electron chi connectivity index (χ4n) is 1.64. The van der Waals surface area contributed by atoms with Crippen molar-refractivity contribution in [2.75, 3.05) is 19.7 Å². The van der Waals surface area contributed by atoms with E-state index in [1.165, 1.54) is 11.3 Å². The van der Waals surface area contributed by atoms with Gasteiger partial charge in [-0.3, -0.25) is 9.78 Å². The van der Waals surface area contributed by atoms with Gasteiger partial charge in [-0.05, 0) is 6.42 Å². The highest BCUT2D eigenvalue weighted by Crippen LogP contribution is 2.19. The largest absolute Gasteiger partial charge is 0.396 e. The van der Waals surface area contributed by atoms with Gasteiger partial charge >= 0.3 is 0 Å². The molecule has 1 saturated heterocycles. The van der Waals surface area contributed by atoms with Gasteiger partial charge in [0.25, 0.3) is 5.91 Å². The number of aliphatic hydroxyl groups is 1. The van der Waals surface area contributed by atoms with E-state index in [1.807, 2.05) is 0 Å². The second-order valence-corrected chi connectivity index (χ2v) is 4.34. The normalized spacial score (nSPS) is 21.5. The van der Waals surface area contributed by atoms with E-state index in [4.69, 9.17) is 5.11 Å². The van der Waals surface area contributed by atoms with E-state index in [0.717, 1.165) is 13.0 Å². The highest BCUT2D eigenvalue weighted by molar-refractivity contribution is 7.11. The number of aliphatic hydroxyl groups excluding tert-OH is 1. The lowest BCUT2D eigenvalue weighted by Crippen LogP contribution is -2.28. The molecular formula is C9H12N2O2S. The van der Waals surface area contributed by atoms with Crippen molar-refractivity contribution in [3.8, 4) is 0 Å². The number of carbonyl (C=O) groups excluding carboxylic acids is 1. The Labute approximate surface area is 86.2 Å². The Morgan fingerprint density at radius 3 is 3.21 bits per heavy atom. The summed E-state index contributed by atoms with van der Waals surface area (Å²) in [6.45, 7) is 1.60. The number of nitrogens with zero attached hydrogens (tertiary/aromatic N) is 2. The third-order valence-corrected chi connectivity index (χ3v) is 3.24. The first kappa shape index (κ1) is 9.61. The Kier molecular flexibility index (Phi) is 2.79. The lowest BCUT2D eigenvalue weighted by molar-refractivity contribution is 0.0786. The summed E-state index contributed by atoms with van der Waals surface area (Å²) in [7, 11) is 0. The van der Waals surface area contributed by atoms with Crippen molar-refractivity contribution < 1.29 is 9.90 Å². The molecule has 1 aromatic rings. The van der Waals surface area contributed by atoms with Crippen molar-refractivity contribution in [2.24, 2.45) is 5.92 Å². The van der Waals surface area contributed by atoms with Crippen LogP contribution in [0.15, 0.2) is 11.7 Å². The lowest BCUT2D eigenvalue weighted by atomic mass is 10.1. The molecule has 1 aliphatic heterocycles. The van der Waals surface area contributed by atoms with Crippen LogP contribution < -0.4 is 0 Å². The van der Waals surface area contributed by atoms with Gasteiger partial charge in [0.1, 0.15) is 4.88 Å². The van der Waals surface area contributed by atoms with Crippen molar-refractivity contribution in [1.82, 2.24) is 9.88 Å². The summed E-state index contributed by atoms with van der Waals surface area (Å²) in [5, 5.41) is 8.95. The van der Waals surface area contributed by atoms with Gasteiger partial charge in [-0.1, -0.05) is 0 Å². The summed E-state index contributed by atoms with van der Waals surface area (Å²) in [6.07, 6.45) is 2.50. The van der Waals surface area contributed by atoms with E-state index < -0.39 is 0 Å². The van der Waals surface area contributed by atoms with Crippen LogP contribution in [0.3, 0.4) is 0 Å². The molecule has 4 nitrogen and oxygen atoms in total. The Balaban J connectivity index is 2.00. The molecule has 1 unspecified atom stereocenters. The molecule has 0 aromatic carbocycles. The number of likely N-dealkylation sites (tertiary alicyclic amines) is 1.